The lowest BCUT2D eigenvalue weighted by molar-refractivity contribution is 0.669. The second-order valence-electron chi connectivity index (χ2n) is 15.9. The fourth-order valence-electron chi connectivity index (χ4n) is 9.03. The van der Waals surface area contributed by atoms with E-state index in [0.717, 1.165) is 111 Å². The molecule has 0 saturated carbocycles. The molecule has 3 heterocycles. The van der Waals surface area contributed by atoms with Crippen LogP contribution in [0.2, 0.25) is 0 Å². The second kappa shape index (κ2) is 15.2. The van der Waals surface area contributed by atoms with Crippen molar-refractivity contribution < 1.29 is 4.42 Å². The van der Waals surface area contributed by atoms with E-state index in [1.54, 1.807) is 0 Å². The predicted octanol–water partition coefficient (Wildman–Crippen LogP) is 15.7. The molecule has 0 spiro atoms. The molecule has 3 aromatic heterocycles. The van der Waals surface area contributed by atoms with E-state index in [4.69, 9.17) is 19.4 Å². The Labute approximate surface area is 364 Å². The van der Waals surface area contributed by atoms with Gasteiger partial charge in [-0.15, -0.1) is 0 Å². The summed E-state index contributed by atoms with van der Waals surface area (Å²) in [5.41, 5.74) is 16.3. The van der Waals surface area contributed by atoms with E-state index in [0.29, 0.717) is 5.82 Å². The van der Waals surface area contributed by atoms with Gasteiger partial charge in [-0.1, -0.05) is 194 Å². The molecule has 0 bridgehead atoms. The summed E-state index contributed by atoms with van der Waals surface area (Å²) in [6, 6.07) is 78.5. The van der Waals surface area contributed by atoms with E-state index in [-0.39, 0.29) is 0 Å². The van der Waals surface area contributed by atoms with Crippen molar-refractivity contribution in [3.8, 4) is 78.5 Å². The van der Waals surface area contributed by atoms with Crippen molar-refractivity contribution in [3.05, 3.63) is 224 Å². The summed E-state index contributed by atoms with van der Waals surface area (Å²) in [6.45, 7) is 0. The van der Waals surface area contributed by atoms with Crippen molar-refractivity contribution >= 4 is 43.6 Å². The monoisotopic (exact) mass is 803 g/mol. The number of aromatic nitrogens is 3. The van der Waals surface area contributed by atoms with Crippen LogP contribution >= 0.6 is 0 Å². The van der Waals surface area contributed by atoms with Gasteiger partial charge < -0.3 is 4.42 Å². The van der Waals surface area contributed by atoms with Crippen LogP contribution in [0.4, 0.5) is 0 Å². The Morgan fingerprint density at radius 1 is 0.286 bits per heavy atom. The quantitative estimate of drug-likeness (QED) is 0.151. The van der Waals surface area contributed by atoms with Gasteiger partial charge >= 0.3 is 0 Å². The van der Waals surface area contributed by atoms with Gasteiger partial charge in [-0.2, -0.15) is 0 Å². The summed E-state index contributed by atoms with van der Waals surface area (Å²) < 4.78 is 6.59. The minimum absolute atomic E-state index is 0.690. The van der Waals surface area contributed by atoms with Crippen molar-refractivity contribution in [2.45, 2.75) is 0 Å². The van der Waals surface area contributed by atoms with Gasteiger partial charge in [0.25, 0.3) is 0 Å². The van der Waals surface area contributed by atoms with Crippen LogP contribution in [0.1, 0.15) is 0 Å². The van der Waals surface area contributed by atoms with Crippen LogP contribution in [0.5, 0.6) is 0 Å². The molecule has 0 aliphatic rings. The van der Waals surface area contributed by atoms with Gasteiger partial charge in [0.2, 0.25) is 0 Å². The van der Waals surface area contributed by atoms with Gasteiger partial charge in [0.15, 0.2) is 5.82 Å². The Morgan fingerprint density at radius 2 is 0.794 bits per heavy atom. The molecule has 0 radical (unpaired) electrons. The average molecular weight is 804 g/mol. The van der Waals surface area contributed by atoms with Crippen molar-refractivity contribution in [1.82, 2.24) is 15.0 Å². The van der Waals surface area contributed by atoms with Gasteiger partial charge in [0, 0.05) is 54.7 Å². The number of nitrogens with zero attached hydrogens (tertiary/aromatic N) is 3. The third-order valence-electron chi connectivity index (χ3n) is 12.1. The molecular formula is C59H37N3O. The third kappa shape index (κ3) is 6.53. The number of furan rings is 1. The number of fused-ring (bicyclic) bond motifs is 6. The van der Waals surface area contributed by atoms with Gasteiger partial charge in [0.1, 0.15) is 11.2 Å². The maximum Gasteiger partial charge on any atom is 0.160 e. The van der Waals surface area contributed by atoms with Gasteiger partial charge in [-0.25, -0.2) is 15.0 Å². The molecule has 4 heteroatoms. The van der Waals surface area contributed by atoms with E-state index < -0.39 is 0 Å². The summed E-state index contributed by atoms with van der Waals surface area (Å²) in [5.74, 6) is 0.690. The Morgan fingerprint density at radius 3 is 1.49 bits per heavy atom. The second-order valence-corrected chi connectivity index (χ2v) is 15.9. The third-order valence-corrected chi connectivity index (χ3v) is 12.1. The van der Waals surface area contributed by atoms with Gasteiger partial charge in [-0.05, 0) is 58.1 Å². The minimum atomic E-state index is 0.690. The maximum atomic E-state index is 6.59. The fourth-order valence-corrected chi connectivity index (χ4v) is 9.03. The van der Waals surface area contributed by atoms with Crippen molar-refractivity contribution in [1.29, 1.82) is 0 Å². The standard InChI is InChI=1S/C59H37N3O/c1-4-15-38(16-5-1)45-21-14-22-46(35-45)59-61-51(41-17-6-2-7-18-41)37-52(62-59)42-31-27-39(28-32-42)40-29-33-44(34-30-40)58-49-36-54-57(48-24-11-13-26-53(48)63-54)55(43-19-8-3-9-20-43)56(49)47-23-10-12-25-50(47)60-58/h1-37H. The zero-order valence-corrected chi connectivity index (χ0v) is 34.1. The molecule has 12 aromatic rings. The molecule has 0 N–H and O–H groups in total. The van der Waals surface area contributed by atoms with Crippen LogP contribution in [-0.2, 0) is 0 Å². The molecule has 0 atom stereocenters. The first-order valence-corrected chi connectivity index (χ1v) is 21.3. The summed E-state index contributed by atoms with van der Waals surface area (Å²) in [4.78, 5) is 15.6. The molecule has 0 aliphatic carbocycles. The molecule has 0 amide bonds. The highest BCUT2D eigenvalue weighted by molar-refractivity contribution is 6.27. The molecule has 0 saturated heterocycles. The first-order valence-electron chi connectivity index (χ1n) is 21.3. The Bertz CT molecular complexity index is 3640. The first-order chi connectivity index (χ1) is 31.2. The molecule has 9 aromatic carbocycles. The summed E-state index contributed by atoms with van der Waals surface area (Å²) in [7, 11) is 0. The molecule has 0 aliphatic heterocycles. The van der Waals surface area contributed by atoms with E-state index >= 15 is 0 Å². The predicted molar refractivity (Wildman–Crippen MR) is 260 cm³/mol. The first kappa shape index (κ1) is 36.4. The lowest BCUT2D eigenvalue weighted by atomic mass is 9.89. The minimum Gasteiger partial charge on any atom is -0.456 e. The fraction of sp³-hybridized carbons (Fsp3) is 0. The largest absolute Gasteiger partial charge is 0.456 e. The molecule has 0 fully saturated rings. The number of para-hydroxylation sites is 2. The summed E-state index contributed by atoms with van der Waals surface area (Å²) in [6.07, 6.45) is 0. The lowest BCUT2D eigenvalue weighted by Crippen LogP contribution is -1.96. The number of benzene rings is 9. The topological polar surface area (TPSA) is 51.8 Å². The zero-order chi connectivity index (χ0) is 41.7. The van der Waals surface area contributed by atoms with E-state index in [9.17, 15) is 0 Å². The highest BCUT2D eigenvalue weighted by atomic mass is 16.3. The highest BCUT2D eigenvalue weighted by Crippen LogP contribution is 2.46. The SMILES string of the molecule is c1ccc(-c2cccc(-c3nc(-c4ccccc4)cc(-c4ccc(-c5ccc(-c6nc7ccccc7c7c(-c8ccccc8)c8c(cc67)oc6ccccc68)cc5)cc4)n3)c2)cc1. The van der Waals surface area contributed by atoms with E-state index in [1.807, 2.05) is 30.3 Å². The maximum absolute atomic E-state index is 6.59. The number of rotatable bonds is 7. The molecule has 4 nitrogen and oxygen atoms in total. The zero-order valence-electron chi connectivity index (χ0n) is 34.1. The van der Waals surface area contributed by atoms with Crippen LogP contribution in [-0.4, -0.2) is 15.0 Å². The van der Waals surface area contributed by atoms with Crippen LogP contribution < -0.4 is 0 Å². The van der Waals surface area contributed by atoms with Crippen LogP contribution in [0, 0.1) is 0 Å². The normalized spacial score (nSPS) is 11.5. The molecule has 63 heavy (non-hydrogen) atoms. The number of pyridine rings is 1. The summed E-state index contributed by atoms with van der Waals surface area (Å²) in [5, 5.41) is 5.58. The van der Waals surface area contributed by atoms with Gasteiger partial charge in [-0.3, -0.25) is 0 Å². The summed E-state index contributed by atoms with van der Waals surface area (Å²) >= 11 is 0. The lowest BCUT2D eigenvalue weighted by Gasteiger charge is -2.16. The highest BCUT2D eigenvalue weighted by Gasteiger charge is 2.22. The van der Waals surface area contributed by atoms with Crippen molar-refractivity contribution in [2.75, 3.05) is 0 Å². The van der Waals surface area contributed by atoms with E-state index in [2.05, 4.69) is 194 Å². The Hall–Kier alpha value is -8.47. The van der Waals surface area contributed by atoms with Crippen LogP contribution in [0.15, 0.2) is 229 Å². The van der Waals surface area contributed by atoms with E-state index in [1.165, 1.54) is 5.39 Å². The van der Waals surface area contributed by atoms with Crippen molar-refractivity contribution in [2.24, 2.45) is 0 Å². The smallest absolute Gasteiger partial charge is 0.160 e. The molecular weight excluding hydrogens is 767 g/mol. The van der Waals surface area contributed by atoms with Crippen LogP contribution in [0.3, 0.4) is 0 Å². The average Bonchev–Trinajstić information content (AvgIpc) is 3.74. The molecule has 294 valence electrons. The van der Waals surface area contributed by atoms with Gasteiger partial charge in [0.05, 0.1) is 22.6 Å². The molecule has 0 unspecified atom stereocenters. The number of hydrogen-bond donors (Lipinski definition) is 0. The molecule has 12 rings (SSSR count). The number of hydrogen-bond acceptors (Lipinski definition) is 4. The Kier molecular flexibility index (Phi) is 8.79. The van der Waals surface area contributed by atoms with Crippen molar-refractivity contribution in [3.63, 3.8) is 0 Å². The van der Waals surface area contributed by atoms with Crippen LogP contribution in [0.25, 0.3) is 122 Å². The Balaban J connectivity index is 0.939.